The van der Waals surface area contributed by atoms with Gasteiger partial charge in [0, 0.05) is 43.2 Å². The smallest absolute Gasteiger partial charge is 0.161 e. The van der Waals surface area contributed by atoms with E-state index < -0.39 is 0 Å². The van der Waals surface area contributed by atoms with E-state index in [1.807, 2.05) is 12.1 Å². The summed E-state index contributed by atoms with van der Waals surface area (Å²) in [5, 5.41) is 3.55. The van der Waals surface area contributed by atoms with Crippen molar-refractivity contribution in [3.05, 3.63) is 77.3 Å². The zero-order valence-corrected chi connectivity index (χ0v) is 19.3. The average Bonchev–Trinajstić information content (AvgIpc) is 2.77. The Morgan fingerprint density at radius 3 is 2.35 bits per heavy atom. The molecule has 0 aliphatic carbocycles. The minimum Gasteiger partial charge on any atom is -0.369 e. The first-order valence-electron chi connectivity index (χ1n) is 10.9. The van der Waals surface area contributed by atoms with Crippen molar-refractivity contribution in [2.45, 2.75) is 40.7 Å². The normalized spacial score (nSPS) is 10.9. The predicted octanol–water partition coefficient (Wildman–Crippen LogP) is 5.59. The van der Waals surface area contributed by atoms with Gasteiger partial charge in [0.1, 0.15) is 5.82 Å². The second-order valence-corrected chi connectivity index (χ2v) is 8.16. The summed E-state index contributed by atoms with van der Waals surface area (Å²) in [4.78, 5) is 16.3. The van der Waals surface area contributed by atoms with Gasteiger partial charge in [-0.3, -0.25) is 9.88 Å². The number of hydrogen-bond acceptors (Lipinski definition) is 5. The van der Waals surface area contributed by atoms with E-state index in [9.17, 15) is 0 Å². The monoisotopic (exact) mass is 415 g/mol. The maximum absolute atomic E-state index is 4.93. The highest BCUT2D eigenvalue weighted by Gasteiger charge is 2.19. The van der Waals surface area contributed by atoms with Gasteiger partial charge >= 0.3 is 0 Å². The summed E-state index contributed by atoms with van der Waals surface area (Å²) < 4.78 is 0. The molecule has 0 aliphatic heterocycles. The Balaban J connectivity index is 1.97. The van der Waals surface area contributed by atoms with Crippen LogP contribution in [0.4, 0.5) is 5.82 Å². The van der Waals surface area contributed by atoms with Crippen molar-refractivity contribution in [3.8, 4) is 11.4 Å². The molecule has 0 aliphatic rings. The van der Waals surface area contributed by atoms with Crippen LogP contribution in [0.1, 0.15) is 44.0 Å². The molecule has 2 heterocycles. The minimum absolute atomic E-state index is 0.730. The highest BCUT2D eigenvalue weighted by Crippen LogP contribution is 2.31. The third kappa shape index (κ3) is 5.98. The van der Waals surface area contributed by atoms with Crippen LogP contribution in [0.25, 0.3) is 17.0 Å². The lowest BCUT2D eigenvalue weighted by molar-refractivity contribution is 0.368. The van der Waals surface area contributed by atoms with E-state index in [4.69, 9.17) is 9.97 Å². The topological polar surface area (TPSA) is 53.9 Å². The Kier molecular flexibility index (Phi) is 7.90. The van der Waals surface area contributed by atoms with Crippen LogP contribution in [-0.4, -0.2) is 40.0 Å². The third-order valence-electron chi connectivity index (χ3n) is 5.20. The number of allylic oxidation sites excluding steroid dienone is 1. The van der Waals surface area contributed by atoms with Crippen molar-refractivity contribution < 1.29 is 0 Å². The summed E-state index contributed by atoms with van der Waals surface area (Å²) in [5.74, 6) is 1.64. The molecule has 5 nitrogen and oxygen atoms in total. The molecule has 0 atom stereocenters. The molecule has 1 aromatic carbocycles. The van der Waals surface area contributed by atoms with E-state index in [1.54, 1.807) is 12.4 Å². The molecule has 0 radical (unpaired) electrons. The molecule has 0 fully saturated rings. The molecule has 162 valence electrons. The van der Waals surface area contributed by atoms with Gasteiger partial charge in [-0.05, 0) is 57.5 Å². The number of aromatic nitrogens is 3. The highest BCUT2D eigenvalue weighted by atomic mass is 15.1. The van der Waals surface area contributed by atoms with Crippen LogP contribution in [0.2, 0.25) is 0 Å². The number of likely N-dealkylation sites (N-methyl/N-ethyl adjacent to an activating group) is 1. The van der Waals surface area contributed by atoms with E-state index in [2.05, 4.69) is 80.3 Å². The number of benzene rings is 1. The first kappa shape index (κ1) is 22.6. The predicted molar refractivity (Wildman–Crippen MR) is 130 cm³/mol. The van der Waals surface area contributed by atoms with E-state index in [0.29, 0.717) is 0 Å². The number of aryl methyl sites for hydroxylation is 1. The van der Waals surface area contributed by atoms with Gasteiger partial charge in [0.2, 0.25) is 0 Å². The fourth-order valence-electron chi connectivity index (χ4n) is 3.64. The quantitative estimate of drug-likeness (QED) is 0.493. The van der Waals surface area contributed by atoms with E-state index >= 15 is 0 Å². The van der Waals surface area contributed by atoms with Crippen LogP contribution in [0, 0.1) is 6.92 Å². The molecule has 0 amide bonds. The van der Waals surface area contributed by atoms with Crippen LogP contribution in [0.5, 0.6) is 0 Å². The van der Waals surface area contributed by atoms with Crippen LogP contribution in [-0.2, 0) is 6.54 Å². The summed E-state index contributed by atoms with van der Waals surface area (Å²) in [6.07, 6.45) is 4.59. The first-order chi connectivity index (χ1) is 15.0. The number of rotatable bonds is 9. The molecular formula is C26H33N5. The lowest BCUT2D eigenvalue weighted by Crippen LogP contribution is -2.22. The Morgan fingerprint density at radius 1 is 1.00 bits per heavy atom. The van der Waals surface area contributed by atoms with Gasteiger partial charge in [-0.1, -0.05) is 42.8 Å². The summed E-state index contributed by atoms with van der Waals surface area (Å²) in [6, 6.07) is 14.5. The van der Waals surface area contributed by atoms with Gasteiger partial charge < -0.3 is 5.32 Å². The van der Waals surface area contributed by atoms with Gasteiger partial charge in [0.15, 0.2) is 5.82 Å². The van der Waals surface area contributed by atoms with Crippen LogP contribution in [0.3, 0.4) is 0 Å². The third-order valence-corrected chi connectivity index (χ3v) is 5.20. The van der Waals surface area contributed by atoms with Crippen molar-refractivity contribution in [2.24, 2.45) is 0 Å². The summed E-state index contributed by atoms with van der Waals surface area (Å²) in [5.41, 5.74) is 6.95. The summed E-state index contributed by atoms with van der Waals surface area (Å²) in [6.45, 7) is 11.2. The fraction of sp³-hybridized carbons (Fsp3) is 0.346. The van der Waals surface area contributed by atoms with Crippen molar-refractivity contribution >= 4 is 11.4 Å². The lowest BCUT2D eigenvalue weighted by atomic mass is 9.99. The van der Waals surface area contributed by atoms with Crippen molar-refractivity contribution in [3.63, 3.8) is 0 Å². The maximum atomic E-state index is 4.93. The Morgan fingerprint density at radius 2 is 1.71 bits per heavy atom. The van der Waals surface area contributed by atoms with E-state index in [-0.39, 0.29) is 0 Å². The van der Waals surface area contributed by atoms with Gasteiger partial charge in [-0.25, -0.2) is 9.97 Å². The SMILES string of the molecule is CCCNc1nc(-c2ccncc2)nc(C)c1C(CN(C)Cc1ccccc1)=C(C)C. The van der Waals surface area contributed by atoms with Crippen LogP contribution in [0.15, 0.2) is 60.4 Å². The Bertz CT molecular complexity index is 1010. The van der Waals surface area contributed by atoms with E-state index in [1.165, 1.54) is 16.7 Å². The molecular weight excluding hydrogens is 382 g/mol. The Hall–Kier alpha value is -3.05. The molecule has 3 aromatic rings. The number of nitrogens with one attached hydrogen (secondary N) is 1. The second-order valence-electron chi connectivity index (χ2n) is 8.16. The number of nitrogens with zero attached hydrogens (tertiary/aromatic N) is 4. The molecule has 0 unspecified atom stereocenters. The fourth-order valence-corrected chi connectivity index (χ4v) is 3.64. The van der Waals surface area contributed by atoms with Gasteiger partial charge in [0.25, 0.3) is 0 Å². The molecule has 0 bridgehead atoms. The van der Waals surface area contributed by atoms with Gasteiger partial charge in [-0.15, -0.1) is 0 Å². The largest absolute Gasteiger partial charge is 0.369 e. The minimum atomic E-state index is 0.730. The molecule has 5 heteroatoms. The molecule has 0 saturated heterocycles. The molecule has 3 rings (SSSR count). The zero-order valence-electron chi connectivity index (χ0n) is 19.3. The molecule has 2 aromatic heterocycles. The highest BCUT2D eigenvalue weighted by molar-refractivity contribution is 5.79. The van der Waals surface area contributed by atoms with Gasteiger partial charge in [-0.2, -0.15) is 0 Å². The lowest BCUT2D eigenvalue weighted by Gasteiger charge is -2.23. The number of hydrogen-bond donors (Lipinski definition) is 1. The second kappa shape index (κ2) is 10.8. The van der Waals surface area contributed by atoms with Crippen LogP contribution < -0.4 is 5.32 Å². The maximum Gasteiger partial charge on any atom is 0.161 e. The van der Waals surface area contributed by atoms with Crippen molar-refractivity contribution in [1.82, 2.24) is 19.9 Å². The van der Waals surface area contributed by atoms with E-state index in [0.717, 1.165) is 54.5 Å². The first-order valence-corrected chi connectivity index (χ1v) is 10.9. The zero-order chi connectivity index (χ0) is 22.2. The molecule has 1 N–H and O–H groups in total. The standard InChI is InChI=1S/C26H33N5/c1-6-14-28-26-24(20(4)29-25(30-26)22-12-15-27-16-13-22)23(19(2)3)18-31(5)17-21-10-8-7-9-11-21/h7-13,15-16H,6,14,17-18H2,1-5H3,(H,28,29,30). The number of anilines is 1. The summed E-state index contributed by atoms with van der Waals surface area (Å²) >= 11 is 0. The van der Waals surface area contributed by atoms with Gasteiger partial charge in [0.05, 0.1) is 5.69 Å². The molecule has 0 saturated carbocycles. The Labute approximate surface area is 186 Å². The molecule has 31 heavy (non-hydrogen) atoms. The average molecular weight is 416 g/mol. The van der Waals surface area contributed by atoms with Crippen LogP contribution >= 0.6 is 0 Å². The van der Waals surface area contributed by atoms with Crippen molar-refractivity contribution in [1.29, 1.82) is 0 Å². The van der Waals surface area contributed by atoms with Crippen molar-refractivity contribution in [2.75, 3.05) is 25.5 Å². The number of pyridine rings is 1. The molecule has 0 spiro atoms. The summed E-state index contributed by atoms with van der Waals surface area (Å²) in [7, 11) is 2.16.